The summed E-state index contributed by atoms with van der Waals surface area (Å²) in [5.41, 5.74) is 9.94. The molecule has 0 bridgehead atoms. The highest BCUT2D eigenvalue weighted by atomic mass is 16.2. The molecule has 1 aliphatic rings. The van der Waals surface area contributed by atoms with Crippen molar-refractivity contribution in [2.75, 3.05) is 22.9 Å². The summed E-state index contributed by atoms with van der Waals surface area (Å²) in [6.45, 7) is 0.978. The van der Waals surface area contributed by atoms with E-state index < -0.39 is 0 Å². The van der Waals surface area contributed by atoms with Crippen LogP contribution in [-0.4, -0.2) is 33.4 Å². The fourth-order valence-electron chi connectivity index (χ4n) is 3.17. The van der Waals surface area contributed by atoms with Crippen molar-refractivity contribution in [1.29, 1.82) is 0 Å². The number of carbonyl (C=O) groups excluding carboxylic acids is 2. The molecule has 3 amide bonds. The van der Waals surface area contributed by atoms with E-state index in [4.69, 9.17) is 5.73 Å². The van der Waals surface area contributed by atoms with Crippen LogP contribution in [0.25, 0.3) is 0 Å². The van der Waals surface area contributed by atoms with Gasteiger partial charge in [0.1, 0.15) is 5.69 Å². The number of pyridine rings is 1. The van der Waals surface area contributed by atoms with E-state index in [1.807, 2.05) is 18.2 Å². The van der Waals surface area contributed by atoms with Gasteiger partial charge in [-0.3, -0.25) is 9.78 Å². The molecule has 142 valence electrons. The summed E-state index contributed by atoms with van der Waals surface area (Å²) >= 11 is 0. The smallest absolute Gasteiger partial charge is 0.322 e. The molecule has 8 nitrogen and oxygen atoms in total. The molecule has 1 aromatic carbocycles. The number of nitrogens with zero attached hydrogens (tertiary/aromatic N) is 2. The van der Waals surface area contributed by atoms with Crippen molar-refractivity contribution >= 4 is 29.0 Å². The zero-order valence-corrected chi connectivity index (χ0v) is 15.1. The quantitative estimate of drug-likeness (QED) is 0.526. The summed E-state index contributed by atoms with van der Waals surface area (Å²) in [5, 5.41) is 5.64. The first-order valence-electron chi connectivity index (χ1n) is 8.93. The lowest BCUT2D eigenvalue weighted by molar-refractivity contribution is 0.102. The third kappa shape index (κ3) is 3.66. The number of hydrogen-bond donors (Lipinski definition) is 4. The summed E-state index contributed by atoms with van der Waals surface area (Å²) < 4.78 is 0. The molecule has 4 rings (SSSR count). The molecule has 0 aliphatic carbocycles. The predicted octanol–water partition coefficient (Wildman–Crippen LogP) is 2.83. The topological polar surface area (TPSA) is 116 Å². The van der Waals surface area contributed by atoms with E-state index in [9.17, 15) is 9.59 Å². The fourth-order valence-corrected chi connectivity index (χ4v) is 3.17. The van der Waals surface area contributed by atoms with Crippen LogP contribution in [0.3, 0.4) is 0 Å². The van der Waals surface area contributed by atoms with Gasteiger partial charge in [0.2, 0.25) is 0 Å². The highest BCUT2D eigenvalue weighted by molar-refractivity contribution is 6.04. The molecule has 2 aromatic heterocycles. The lowest BCUT2D eigenvalue weighted by Gasteiger charge is -2.27. The molecular weight excluding hydrogens is 356 g/mol. The number of nitrogens with one attached hydrogen (secondary N) is 3. The maximum absolute atomic E-state index is 12.5. The Labute approximate surface area is 161 Å². The minimum Gasteiger partial charge on any atom is -0.397 e. The largest absolute Gasteiger partial charge is 0.397 e. The van der Waals surface area contributed by atoms with E-state index in [-0.39, 0.29) is 11.9 Å². The Kier molecular flexibility index (Phi) is 4.67. The van der Waals surface area contributed by atoms with Crippen molar-refractivity contribution < 1.29 is 9.59 Å². The van der Waals surface area contributed by atoms with Crippen LogP contribution in [-0.2, 0) is 13.0 Å². The normalized spacial score (nSPS) is 12.9. The lowest BCUT2D eigenvalue weighted by Crippen LogP contribution is -2.38. The van der Waals surface area contributed by atoms with E-state index >= 15 is 0 Å². The molecule has 0 atom stereocenters. The van der Waals surface area contributed by atoms with Gasteiger partial charge >= 0.3 is 6.03 Å². The first-order chi connectivity index (χ1) is 13.6. The van der Waals surface area contributed by atoms with Crippen molar-refractivity contribution in [1.82, 2.24) is 14.9 Å². The number of urea groups is 1. The van der Waals surface area contributed by atoms with Crippen LogP contribution in [0.4, 0.5) is 21.9 Å². The van der Waals surface area contributed by atoms with E-state index in [1.54, 1.807) is 41.6 Å². The third-order valence-corrected chi connectivity index (χ3v) is 4.65. The van der Waals surface area contributed by atoms with Crippen molar-refractivity contribution in [3.63, 3.8) is 0 Å². The van der Waals surface area contributed by atoms with Gasteiger partial charge in [0, 0.05) is 18.4 Å². The molecular formula is C20H20N6O2. The van der Waals surface area contributed by atoms with E-state index in [2.05, 4.69) is 20.6 Å². The highest BCUT2D eigenvalue weighted by Crippen LogP contribution is 2.22. The number of carbonyl (C=O) groups is 2. The molecule has 1 aliphatic heterocycles. The van der Waals surface area contributed by atoms with Crippen molar-refractivity contribution in [3.05, 3.63) is 71.8 Å². The maximum atomic E-state index is 12.5. The Morgan fingerprint density at radius 3 is 2.79 bits per heavy atom. The highest BCUT2D eigenvalue weighted by Gasteiger charge is 2.24. The van der Waals surface area contributed by atoms with Gasteiger partial charge in [-0.25, -0.2) is 4.79 Å². The first kappa shape index (κ1) is 17.6. The Bertz CT molecular complexity index is 1010. The Morgan fingerprint density at radius 1 is 1.14 bits per heavy atom. The van der Waals surface area contributed by atoms with Crippen LogP contribution in [0.5, 0.6) is 0 Å². The molecule has 0 unspecified atom stereocenters. The van der Waals surface area contributed by atoms with Crippen LogP contribution in [0.2, 0.25) is 0 Å². The second kappa shape index (κ2) is 7.43. The second-order valence-corrected chi connectivity index (χ2v) is 6.57. The number of amides is 3. The molecule has 5 N–H and O–H groups in total. The SMILES string of the molecule is Nc1ccccc1NC(=O)c1cc2c([nH]1)CN(C(=O)Nc1cccnc1)CC2. The van der Waals surface area contributed by atoms with Gasteiger partial charge in [-0.1, -0.05) is 12.1 Å². The van der Waals surface area contributed by atoms with Crippen LogP contribution in [0.15, 0.2) is 54.9 Å². The lowest BCUT2D eigenvalue weighted by atomic mass is 10.1. The third-order valence-electron chi connectivity index (χ3n) is 4.65. The number of benzene rings is 1. The van der Waals surface area contributed by atoms with Gasteiger partial charge < -0.3 is 26.3 Å². The molecule has 8 heteroatoms. The average molecular weight is 376 g/mol. The standard InChI is InChI=1S/C20H20N6O2/c21-15-5-1-2-6-16(15)25-19(27)17-10-13-7-9-26(12-18(13)24-17)20(28)23-14-4-3-8-22-11-14/h1-6,8,10-11,24H,7,9,12,21H2,(H,23,28)(H,25,27). The van der Waals surface area contributed by atoms with Crippen LogP contribution < -0.4 is 16.4 Å². The summed E-state index contributed by atoms with van der Waals surface area (Å²) in [4.78, 5) is 33.8. The van der Waals surface area contributed by atoms with E-state index in [0.717, 1.165) is 11.3 Å². The number of rotatable bonds is 3. The van der Waals surface area contributed by atoms with Crippen molar-refractivity contribution in [3.8, 4) is 0 Å². The van der Waals surface area contributed by atoms with Crippen LogP contribution >= 0.6 is 0 Å². The minimum absolute atomic E-state index is 0.198. The zero-order valence-electron chi connectivity index (χ0n) is 15.1. The van der Waals surface area contributed by atoms with Gasteiger partial charge in [0.05, 0.1) is 29.8 Å². The molecule has 3 heterocycles. The van der Waals surface area contributed by atoms with Gasteiger partial charge in [-0.05, 0) is 42.3 Å². The summed E-state index contributed by atoms with van der Waals surface area (Å²) in [6.07, 6.45) is 3.92. The van der Waals surface area contributed by atoms with Gasteiger partial charge in [-0.15, -0.1) is 0 Å². The molecule has 28 heavy (non-hydrogen) atoms. The Hall–Kier alpha value is -3.81. The summed E-state index contributed by atoms with van der Waals surface area (Å²) in [7, 11) is 0. The van der Waals surface area contributed by atoms with E-state index in [1.165, 1.54) is 0 Å². The second-order valence-electron chi connectivity index (χ2n) is 6.57. The van der Waals surface area contributed by atoms with Crippen LogP contribution in [0, 0.1) is 0 Å². The zero-order chi connectivity index (χ0) is 19.5. The first-order valence-corrected chi connectivity index (χ1v) is 8.93. The van der Waals surface area contributed by atoms with Gasteiger partial charge in [0.15, 0.2) is 0 Å². The number of nitrogens with two attached hydrogens (primary N) is 1. The van der Waals surface area contributed by atoms with Crippen molar-refractivity contribution in [2.24, 2.45) is 0 Å². The molecule has 3 aromatic rings. The maximum Gasteiger partial charge on any atom is 0.322 e. The predicted molar refractivity (Wildman–Crippen MR) is 107 cm³/mol. The number of anilines is 3. The average Bonchev–Trinajstić information content (AvgIpc) is 3.14. The number of para-hydroxylation sites is 2. The summed E-state index contributed by atoms with van der Waals surface area (Å²) in [6, 6.07) is 12.3. The monoisotopic (exact) mass is 376 g/mol. The number of nitrogen functional groups attached to an aromatic ring is 1. The minimum atomic E-state index is -0.265. The van der Waals surface area contributed by atoms with E-state index in [0.29, 0.717) is 42.3 Å². The number of aromatic amines is 1. The number of hydrogen-bond acceptors (Lipinski definition) is 4. The fraction of sp³-hybridized carbons (Fsp3) is 0.150. The summed E-state index contributed by atoms with van der Waals surface area (Å²) in [5.74, 6) is -0.265. The molecule has 0 spiro atoms. The van der Waals surface area contributed by atoms with Gasteiger partial charge in [0.25, 0.3) is 5.91 Å². The number of fused-ring (bicyclic) bond motifs is 1. The Balaban J connectivity index is 1.44. The Morgan fingerprint density at radius 2 is 2.00 bits per heavy atom. The molecule has 0 fully saturated rings. The number of H-pyrrole nitrogens is 1. The number of aromatic nitrogens is 2. The molecule has 0 saturated heterocycles. The molecule has 0 radical (unpaired) electrons. The van der Waals surface area contributed by atoms with Crippen molar-refractivity contribution in [2.45, 2.75) is 13.0 Å². The van der Waals surface area contributed by atoms with Crippen LogP contribution in [0.1, 0.15) is 21.7 Å². The van der Waals surface area contributed by atoms with Gasteiger partial charge in [-0.2, -0.15) is 0 Å². The molecule has 0 saturated carbocycles.